The number of anilines is 1. The zero-order valence-corrected chi connectivity index (χ0v) is 12.6. The molecule has 0 fully saturated rings. The molecule has 130 valence electrons. The number of hydrogen-bond donors (Lipinski definition) is 2. The topological polar surface area (TPSA) is 93.6 Å². The lowest BCUT2D eigenvalue weighted by molar-refractivity contribution is -0.156. The summed E-state index contributed by atoms with van der Waals surface area (Å²) in [5.41, 5.74) is 6.07. The van der Waals surface area contributed by atoms with E-state index >= 15 is 0 Å². The van der Waals surface area contributed by atoms with E-state index in [2.05, 4.69) is 36.2 Å². The minimum atomic E-state index is -4.76. The van der Waals surface area contributed by atoms with E-state index in [4.69, 9.17) is 5.73 Å². The molecule has 4 aromatic rings. The Bertz CT molecular complexity index is 1210. The first-order chi connectivity index (χ1) is 12.3. The van der Waals surface area contributed by atoms with Gasteiger partial charge in [-0.1, -0.05) is 11.8 Å². The molecule has 6 nitrogen and oxygen atoms in total. The van der Waals surface area contributed by atoms with Crippen molar-refractivity contribution in [1.82, 2.24) is 19.9 Å². The Balaban J connectivity index is 1.80. The summed E-state index contributed by atoms with van der Waals surface area (Å²) in [6.45, 7) is 0. The van der Waals surface area contributed by atoms with Crippen LogP contribution in [0.3, 0.4) is 0 Å². The molecule has 0 bridgehead atoms. The normalized spacial score (nSPS) is 11.7. The number of nitrogens with zero attached hydrogens (tertiary/aromatic N) is 3. The number of benzene rings is 1. The molecule has 0 saturated carbocycles. The van der Waals surface area contributed by atoms with E-state index in [-0.39, 0.29) is 22.5 Å². The van der Waals surface area contributed by atoms with Crippen LogP contribution in [0.1, 0.15) is 17.0 Å². The highest BCUT2D eigenvalue weighted by molar-refractivity contribution is 5.91. The third-order valence-corrected chi connectivity index (χ3v) is 3.55. The molecular formula is C16H7F4N5O. The smallest absolute Gasteiger partial charge is 0.433 e. The molecule has 0 aliphatic heterocycles. The highest BCUT2D eigenvalue weighted by Crippen LogP contribution is 2.31. The fourth-order valence-electron chi connectivity index (χ4n) is 2.39. The molecule has 10 heteroatoms. The maximum atomic E-state index is 14.1. The first kappa shape index (κ1) is 15.9. The molecule has 0 unspecified atom stereocenters. The zero-order valence-electron chi connectivity index (χ0n) is 12.6. The molecule has 4 rings (SSSR count). The SMILES string of the molecule is Nc1ncnc2[nH]cc(C#Cc3cc4nc(C(F)(F)F)oc4cc3F)c12. The second kappa shape index (κ2) is 5.45. The minimum Gasteiger partial charge on any atom is -0.433 e. The van der Waals surface area contributed by atoms with Crippen molar-refractivity contribution in [1.29, 1.82) is 0 Å². The van der Waals surface area contributed by atoms with Crippen molar-refractivity contribution in [3.05, 3.63) is 47.5 Å². The number of nitrogens with two attached hydrogens (primary N) is 1. The van der Waals surface area contributed by atoms with Crippen LogP contribution in [0.4, 0.5) is 23.4 Å². The highest BCUT2D eigenvalue weighted by atomic mass is 19.4. The number of halogens is 4. The van der Waals surface area contributed by atoms with Gasteiger partial charge in [0.25, 0.3) is 0 Å². The second-order valence-electron chi connectivity index (χ2n) is 5.25. The molecule has 0 aliphatic carbocycles. The predicted octanol–water partition coefficient (Wildman–Crippen LogP) is 3.24. The fourth-order valence-corrected chi connectivity index (χ4v) is 2.39. The van der Waals surface area contributed by atoms with E-state index in [0.29, 0.717) is 16.6 Å². The van der Waals surface area contributed by atoms with Gasteiger partial charge in [0.05, 0.1) is 16.5 Å². The van der Waals surface area contributed by atoms with Gasteiger partial charge < -0.3 is 15.1 Å². The lowest BCUT2D eigenvalue weighted by Crippen LogP contribution is -2.04. The second-order valence-corrected chi connectivity index (χ2v) is 5.25. The zero-order chi connectivity index (χ0) is 18.5. The van der Waals surface area contributed by atoms with Crippen molar-refractivity contribution in [2.45, 2.75) is 6.18 Å². The number of nitrogens with one attached hydrogen (secondary N) is 1. The van der Waals surface area contributed by atoms with Gasteiger partial charge >= 0.3 is 12.1 Å². The highest BCUT2D eigenvalue weighted by Gasteiger charge is 2.37. The van der Waals surface area contributed by atoms with E-state index in [1.165, 1.54) is 12.5 Å². The van der Waals surface area contributed by atoms with Crippen molar-refractivity contribution >= 4 is 28.0 Å². The molecule has 26 heavy (non-hydrogen) atoms. The maximum absolute atomic E-state index is 14.1. The molecular weight excluding hydrogens is 354 g/mol. The Hall–Kier alpha value is -3.61. The standard InChI is InChI=1S/C16H7F4N5O/c17-9-4-11-10(25-15(26-11)16(18,19)20)3-7(9)1-2-8-5-22-14-12(8)13(21)23-6-24-14/h3-6H,(H3,21,22,23,24). The van der Waals surface area contributed by atoms with Crippen LogP contribution in [0, 0.1) is 17.7 Å². The van der Waals surface area contributed by atoms with Gasteiger partial charge in [0.1, 0.15) is 29.1 Å². The van der Waals surface area contributed by atoms with Gasteiger partial charge in [-0.05, 0) is 6.07 Å². The van der Waals surface area contributed by atoms with Crippen LogP contribution in [-0.4, -0.2) is 19.9 Å². The Morgan fingerprint density at radius 2 is 1.88 bits per heavy atom. The van der Waals surface area contributed by atoms with Crippen LogP contribution in [0.25, 0.3) is 22.1 Å². The van der Waals surface area contributed by atoms with Crippen LogP contribution in [0.15, 0.2) is 29.1 Å². The molecule has 0 amide bonds. The largest absolute Gasteiger partial charge is 0.468 e. The van der Waals surface area contributed by atoms with Gasteiger partial charge in [-0.2, -0.15) is 13.2 Å². The van der Waals surface area contributed by atoms with E-state index in [1.807, 2.05) is 0 Å². The lowest BCUT2D eigenvalue weighted by Gasteiger charge is -1.97. The number of oxazole rings is 1. The van der Waals surface area contributed by atoms with Gasteiger partial charge in [-0.15, -0.1) is 0 Å². The number of aromatic amines is 1. The van der Waals surface area contributed by atoms with Crippen molar-refractivity contribution in [3.8, 4) is 11.8 Å². The van der Waals surface area contributed by atoms with Gasteiger partial charge in [0.15, 0.2) is 5.58 Å². The molecule has 0 spiro atoms. The third-order valence-electron chi connectivity index (χ3n) is 3.55. The fraction of sp³-hybridized carbons (Fsp3) is 0.0625. The Morgan fingerprint density at radius 1 is 1.12 bits per heavy atom. The van der Waals surface area contributed by atoms with Crippen molar-refractivity contribution in [2.75, 3.05) is 5.73 Å². The molecule has 3 aromatic heterocycles. The summed E-state index contributed by atoms with van der Waals surface area (Å²) < 4.78 is 56.6. The number of nitrogen functional groups attached to an aromatic ring is 1. The molecule has 3 N–H and O–H groups in total. The van der Waals surface area contributed by atoms with Crippen LogP contribution in [-0.2, 0) is 6.18 Å². The first-order valence-electron chi connectivity index (χ1n) is 7.10. The number of rotatable bonds is 0. The number of aromatic nitrogens is 4. The molecule has 0 radical (unpaired) electrons. The van der Waals surface area contributed by atoms with Crippen molar-refractivity contribution in [3.63, 3.8) is 0 Å². The number of H-pyrrole nitrogens is 1. The summed E-state index contributed by atoms with van der Waals surface area (Å²) in [6, 6.07) is 1.90. The summed E-state index contributed by atoms with van der Waals surface area (Å²) in [5.74, 6) is 3.18. The third kappa shape index (κ3) is 2.59. The Morgan fingerprint density at radius 3 is 2.65 bits per heavy atom. The van der Waals surface area contributed by atoms with Gasteiger partial charge in [-0.25, -0.2) is 19.3 Å². The molecule has 0 atom stereocenters. The summed E-state index contributed by atoms with van der Waals surface area (Å²) in [4.78, 5) is 14.0. The molecule has 3 heterocycles. The predicted molar refractivity (Wildman–Crippen MR) is 83.3 cm³/mol. The summed E-state index contributed by atoms with van der Waals surface area (Å²) >= 11 is 0. The number of fused-ring (bicyclic) bond motifs is 2. The van der Waals surface area contributed by atoms with Gasteiger partial charge in [-0.3, -0.25) is 0 Å². The minimum absolute atomic E-state index is 0.135. The quantitative estimate of drug-likeness (QED) is 0.370. The average Bonchev–Trinajstić information content (AvgIpc) is 3.16. The van der Waals surface area contributed by atoms with Crippen LogP contribution >= 0.6 is 0 Å². The molecule has 0 aliphatic rings. The van der Waals surface area contributed by atoms with E-state index < -0.39 is 17.9 Å². The van der Waals surface area contributed by atoms with Crippen molar-refractivity contribution < 1.29 is 22.0 Å². The molecule has 1 aromatic carbocycles. The van der Waals surface area contributed by atoms with Crippen LogP contribution in [0.2, 0.25) is 0 Å². The van der Waals surface area contributed by atoms with Crippen molar-refractivity contribution in [2.24, 2.45) is 0 Å². The summed E-state index contributed by atoms with van der Waals surface area (Å²) in [6.07, 6.45) is -1.96. The number of alkyl halides is 3. The van der Waals surface area contributed by atoms with Crippen LogP contribution < -0.4 is 5.73 Å². The Labute approximate surface area is 142 Å². The van der Waals surface area contributed by atoms with E-state index in [9.17, 15) is 17.6 Å². The van der Waals surface area contributed by atoms with E-state index in [0.717, 1.165) is 12.1 Å². The Kier molecular flexibility index (Phi) is 3.33. The maximum Gasteiger partial charge on any atom is 0.468 e. The summed E-state index contributed by atoms with van der Waals surface area (Å²) in [5, 5.41) is 0.474. The van der Waals surface area contributed by atoms with Crippen LogP contribution in [0.5, 0.6) is 0 Å². The van der Waals surface area contributed by atoms with E-state index in [1.54, 1.807) is 0 Å². The number of hydrogen-bond acceptors (Lipinski definition) is 5. The molecule has 0 saturated heterocycles. The monoisotopic (exact) mass is 361 g/mol. The van der Waals surface area contributed by atoms with Gasteiger partial charge in [0, 0.05) is 12.3 Å². The van der Waals surface area contributed by atoms with Gasteiger partial charge in [0.2, 0.25) is 0 Å². The average molecular weight is 361 g/mol. The lowest BCUT2D eigenvalue weighted by atomic mass is 10.1. The summed E-state index contributed by atoms with van der Waals surface area (Å²) in [7, 11) is 0. The first-order valence-corrected chi connectivity index (χ1v) is 7.10.